The molecular weight excluding hydrogens is 196 g/mol. The first-order chi connectivity index (χ1) is 7.84. The van der Waals surface area contributed by atoms with Gasteiger partial charge in [-0.2, -0.15) is 0 Å². The lowest BCUT2D eigenvalue weighted by atomic mass is 10.0. The van der Waals surface area contributed by atoms with Gasteiger partial charge in [-0.1, -0.05) is 36.8 Å². The molecular formula is C14H20N2. The van der Waals surface area contributed by atoms with E-state index in [0.29, 0.717) is 5.92 Å². The Morgan fingerprint density at radius 2 is 2.00 bits per heavy atom. The lowest BCUT2D eigenvalue weighted by molar-refractivity contribution is 0.550. The molecule has 0 spiro atoms. The van der Waals surface area contributed by atoms with Crippen LogP contribution in [-0.4, -0.2) is 6.54 Å². The number of benzene rings is 1. The number of unbranched alkanes of at least 4 members (excludes halogenated alkanes) is 1. The van der Waals surface area contributed by atoms with Crippen LogP contribution in [0.15, 0.2) is 42.2 Å². The van der Waals surface area contributed by atoms with Crippen LogP contribution in [0.5, 0.6) is 0 Å². The summed E-state index contributed by atoms with van der Waals surface area (Å²) in [6, 6.07) is 10.7. The zero-order chi connectivity index (χ0) is 11.2. The zero-order valence-corrected chi connectivity index (χ0v) is 9.65. The third kappa shape index (κ3) is 3.30. The number of nitrogens with one attached hydrogen (secondary N) is 1. The second-order valence-electron chi connectivity index (χ2n) is 4.49. The SMILES string of the molecule is NC1=C[C@H](CCCCc2ccccc2)CN1. The zero-order valence-electron chi connectivity index (χ0n) is 9.65. The second-order valence-corrected chi connectivity index (χ2v) is 4.49. The first-order valence-corrected chi connectivity index (χ1v) is 6.09. The Balaban J connectivity index is 1.62. The number of nitrogens with two attached hydrogens (primary N) is 1. The van der Waals surface area contributed by atoms with Gasteiger partial charge < -0.3 is 11.1 Å². The van der Waals surface area contributed by atoms with Crippen LogP contribution in [0, 0.1) is 5.92 Å². The monoisotopic (exact) mass is 216 g/mol. The smallest absolute Gasteiger partial charge is 0.0922 e. The van der Waals surface area contributed by atoms with E-state index in [1.807, 2.05) is 0 Å². The summed E-state index contributed by atoms with van der Waals surface area (Å²) >= 11 is 0. The predicted octanol–water partition coefficient (Wildman–Crippen LogP) is 2.42. The topological polar surface area (TPSA) is 38.0 Å². The van der Waals surface area contributed by atoms with Crippen molar-refractivity contribution >= 4 is 0 Å². The molecule has 0 radical (unpaired) electrons. The van der Waals surface area contributed by atoms with Crippen molar-refractivity contribution in [1.29, 1.82) is 0 Å². The van der Waals surface area contributed by atoms with Crippen LogP contribution in [0.4, 0.5) is 0 Å². The van der Waals surface area contributed by atoms with E-state index in [0.717, 1.165) is 12.4 Å². The van der Waals surface area contributed by atoms with Gasteiger partial charge in [-0.05, 0) is 36.8 Å². The summed E-state index contributed by atoms with van der Waals surface area (Å²) in [6.07, 6.45) is 7.16. The number of aryl methyl sites for hydroxylation is 1. The maximum atomic E-state index is 5.67. The summed E-state index contributed by atoms with van der Waals surface area (Å²) in [5.41, 5.74) is 7.12. The highest BCUT2D eigenvalue weighted by molar-refractivity contribution is 5.14. The van der Waals surface area contributed by atoms with E-state index < -0.39 is 0 Å². The molecule has 1 aromatic rings. The van der Waals surface area contributed by atoms with E-state index in [2.05, 4.69) is 41.7 Å². The number of hydrogen-bond acceptors (Lipinski definition) is 2. The van der Waals surface area contributed by atoms with Crippen molar-refractivity contribution in [2.75, 3.05) is 6.54 Å². The van der Waals surface area contributed by atoms with Gasteiger partial charge >= 0.3 is 0 Å². The molecule has 0 fully saturated rings. The molecule has 3 N–H and O–H groups in total. The molecule has 0 bridgehead atoms. The third-order valence-corrected chi connectivity index (χ3v) is 3.12. The van der Waals surface area contributed by atoms with Crippen LogP contribution in [0.1, 0.15) is 24.8 Å². The molecule has 0 unspecified atom stereocenters. The molecule has 1 aromatic carbocycles. The highest BCUT2D eigenvalue weighted by Crippen LogP contribution is 2.15. The predicted molar refractivity (Wildman–Crippen MR) is 67.8 cm³/mol. The lowest BCUT2D eigenvalue weighted by Gasteiger charge is -2.06. The van der Waals surface area contributed by atoms with E-state index in [-0.39, 0.29) is 0 Å². The fraction of sp³-hybridized carbons (Fsp3) is 0.429. The molecule has 16 heavy (non-hydrogen) atoms. The summed E-state index contributed by atoms with van der Waals surface area (Å²) in [5, 5.41) is 3.17. The molecule has 2 heteroatoms. The molecule has 1 heterocycles. The van der Waals surface area contributed by atoms with Crippen molar-refractivity contribution in [2.24, 2.45) is 11.7 Å². The molecule has 0 amide bonds. The molecule has 0 aliphatic carbocycles. The minimum atomic E-state index is 0.649. The van der Waals surface area contributed by atoms with E-state index in [1.165, 1.54) is 31.2 Å². The van der Waals surface area contributed by atoms with Gasteiger partial charge in [0.15, 0.2) is 0 Å². The highest BCUT2D eigenvalue weighted by atomic mass is 15.0. The Morgan fingerprint density at radius 3 is 2.69 bits per heavy atom. The molecule has 0 saturated heterocycles. The normalized spacial score (nSPS) is 19.2. The molecule has 2 nitrogen and oxygen atoms in total. The van der Waals surface area contributed by atoms with Gasteiger partial charge in [0.1, 0.15) is 0 Å². The molecule has 1 aliphatic heterocycles. The molecule has 1 aliphatic rings. The van der Waals surface area contributed by atoms with Crippen molar-refractivity contribution in [3.63, 3.8) is 0 Å². The van der Waals surface area contributed by atoms with Crippen molar-refractivity contribution in [1.82, 2.24) is 5.32 Å². The molecule has 86 valence electrons. The Kier molecular flexibility index (Phi) is 3.86. The Bertz CT molecular complexity index is 343. The van der Waals surface area contributed by atoms with Crippen molar-refractivity contribution in [3.8, 4) is 0 Å². The van der Waals surface area contributed by atoms with Gasteiger partial charge in [0.2, 0.25) is 0 Å². The minimum absolute atomic E-state index is 0.649. The van der Waals surface area contributed by atoms with E-state index >= 15 is 0 Å². The highest BCUT2D eigenvalue weighted by Gasteiger charge is 2.11. The van der Waals surface area contributed by atoms with Gasteiger partial charge in [-0.3, -0.25) is 0 Å². The first-order valence-electron chi connectivity index (χ1n) is 6.09. The molecule has 1 atom stereocenters. The summed E-state index contributed by atoms with van der Waals surface area (Å²) in [6.45, 7) is 1.02. The maximum absolute atomic E-state index is 5.67. The van der Waals surface area contributed by atoms with Gasteiger partial charge in [-0.25, -0.2) is 0 Å². The fourth-order valence-electron chi connectivity index (χ4n) is 2.19. The summed E-state index contributed by atoms with van der Waals surface area (Å²) < 4.78 is 0. The van der Waals surface area contributed by atoms with Gasteiger partial charge in [0.05, 0.1) is 5.82 Å². The van der Waals surface area contributed by atoms with Gasteiger partial charge in [0.25, 0.3) is 0 Å². The van der Waals surface area contributed by atoms with Crippen LogP contribution >= 0.6 is 0 Å². The van der Waals surface area contributed by atoms with Crippen LogP contribution in [0.2, 0.25) is 0 Å². The third-order valence-electron chi connectivity index (χ3n) is 3.12. The standard InChI is InChI=1S/C14H20N2/c15-14-10-13(11-16-14)9-5-4-8-12-6-2-1-3-7-12/h1-3,6-7,10,13,16H,4-5,8-9,11,15H2/t13-/m0/s1. The van der Waals surface area contributed by atoms with Crippen LogP contribution in [-0.2, 0) is 6.42 Å². The Labute approximate surface area is 97.5 Å². The first kappa shape index (κ1) is 11.1. The minimum Gasteiger partial charge on any atom is -0.386 e. The van der Waals surface area contributed by atoms with Crippen molar-refractivity contribution < 1.29 is 0 Å². The van der Waals surface area contributed by atoms with E-state index in [1.54, 1.807) is 0 Å². The van der Waals surface area contributed by atoms with Gasteiger partial charge in [0, 0.05) is 6.54 Å². The van der Waals surface area contributed by atoms with Crippen LogP contribution in [0.25, 0.3) is 0 Å². The van der Waals surface area contributed by atoms with Crippen LogP contribution < -0.4 is 11.1 Å². The summed E-state index contributed by atoms with van der Waals surface area (Å²) in [7, 11) is 0. The summed E-state index contributed by atoms with van der Waals surface area (Å²) in [5.74, 6) is 1.50. The Morgan fingerprint density at radius 1 is 1.19 bits per heavy atom. The number of rotatable bonds is 5. The Hall–Kier alpha value is -1.44. The summed E-state index contributed by atoms with van der Waals surface area (Å²) in [4.78, 5) is 0. The molecule has 0 saturated carbocycles. The average Bonchev–Trinajstić information content (AvgIpc) is 2.72. The second kappa shape index (κ2) is 5.59. The van der Waals surface area contributed by atoms with Gasteiger partial charge in [-0.15, -0.1) is 0 Å². The largest absolute Gasteiger partial charge is 0.386 e. The van der Waals surface area contributed by atoms with Crippen molar-refractivity contribution in [2.45, 2.75) is 25.7 Å². The molecule has 0 aromatic heterocycles. The van der Waals surface area contributed by atoms with Crippen molar-refractivity contribution in [3.05, 3.63) is 47.8 Å². The maximum Gasteiger partial charge on any atom is 0.0922 e. The van der Waals surface area contributed by atoms with E-state index in [4.69, 9.17) is 5.73 Å². The van der Waals surface area contributed by atoms with Crippen LogP contribution in [0.3, 0.4) is 0 Å². The molecule has 2 rings (SSSR count). The van der Waals surface area contributed by atoms with E-state index in [9.17, 15) is 0 Å². The fourth-order valence-corrected chi connectivity index (χ4v) is 2.19. The quantitative estimate of drug-likeness (QED) is 0.742. The lowest BCUT2D eigenvalue weighted by Crippen LogP contribution is -2.16. The average molecular weight is 216 g/mol. The number of hydrogen-bond donors (Lipinski definition) is 2.